The summed E-state index contributed by atoms with van der Waals surface area (Å²) in [6, 6.07) is 3.10. The molecule has 1 aromatic heterocycles. The van der Waals surface area contributed by atoms with Crippen LogP contribution in [0.15, 0.2) is 12.1 Å². The van der Waals surface area contributed by atoms with Crippen LogP contribution in [0, 0.1) is 17.8 Å². The third kappa shape index (κ3) is 3.40. The second kappa shape index (κ2) is 5.29. The van der Waals surface area contributed by atoms with E-state index in [9.17, 15) is 4.79 Å². The van der Waals surface area contributed by atoms with E-state index in [0.717, 1.165) is 18.4 Å². The Kier molecular flexibility index (Phi) is 3.68. The first-order valence-electron chi connectivity index (χ1n) is 6.75. The summed E-state index contributed by atoms with van der Waals surface area (Å²) in [5.41, 5.74) is 0.482. The fourth-order valence-electron chi connectivity index (χ4n) is 2.68. The molecule has 2 aliphatic carbocycles. The number of hydrogen-bond donors (Lipinski definition) is 1. The highest BCUT2D eigenvalue weighted by Gasteiger charge is 2.41. The number of pyridine rings is 1. The van der Waals surface area contributed by atoms with Crippen LogP contribution in [-0.4, -0.2) is 17.4 Å². The number of rotatable bonds is 5. The van der Waals surface area contributed by atoms with Crippen LogP contribution in [0.4, 0.5) is 0 Å². The smallest absolute Gasteiger partial charge is 0.251 e. The van der Waals surface area contributed by atoms with Gasteiger partial charge in [-0.05, 0) is 55.6 Å². The molecule has 0 aromatic carbocycles. The van der Waals surface area contributed by atoms with Gasteiger partial charge in [0, 0.05) is 12.1 Å². The Labute approximate surface area is 122 Å². The number of carbonyl (C=O) groups is 1. The van der Waals surface area contributed by atoms with Crippen molar-refractivity contribution >= 4 is 29.1 Å². The van der Waals surface area contributed by atoms with Crippen LogP contribution in [0.2, 0.25) is 10.3 Å². The average molecular weight is 299 g/mol. The summed E-state index contributed by atoms with van der Waals surface area (Å²) in [6.45, 7) is 0.770. The van der Waals surface area contributed by atoms with Gasteiger partial charge in [-0.2, -0.15) is 0 Å². The summed E-state index contributed by atoms with van der Waals surface area (Å²) in [7, 11) is 0. The molecule has 3 rings (SSSR count). The number of carbonyl (C=O) groups excluding carboxylic acids is 1. The normalized spacial score (nSPS) is 18.7. The summed E-state index contributed by atoms with van der Waals surface area (Å²) in [6.07, 6.45) is 5.29. The SMILES string of the molecule is O=C(NCC(C1CC1)C1CC1)c1cc(Cl)nc(Cl)c1. The second-order valence-corrected chi connectivity index (χ2v) is 6.32. The molecule has 2 saturated carbocycles. The Morgan fingerprint density at radius 1 is 1.21 bits per heavy atom. The number of halogens is 2. The predicted molar refractivity (Wildman–Crippen MR) is 75.5 cm³/mol. The van der Waals surface area contributed by atoms with Gasteiger partial charge in [-0.3, -0.25) is 4.79 Å². The van der Waals surface area contributed by atoms with Crippen LogP contribution in [0.1, 0.15) is 36.0 Å². The van der Waals surface area contributed by atoms with E-state index in [0.29, 0.717) is 11.5 Å². The fourth-order valence-corrected chi connectivity index (χ4v) is 3.14. The van der Waals surface area contributed by atoms with E-state index in [-0.39, 0.29) is 16.2 Å². The molecule has 1 heterocycles. The third-order valence-corrected chi connectivity index (χ3v) is 4.37. The monoisotopic (exact) mass is 298 g/mol. The van der Waals surface area contributed by atoms with Crippen molar-refractivity contribution in [2.24, 2.45) is 17.8 Å². The van der Waals surface area contributed by atoms with Crippen molar-refractivity contribution in [3.8, 4) is 0 Å². The largest absolute Gasteiger partial charge is 0.352 e. The van der Waals surface area contributed by atoms with Crippen LogP contribution in [0.25, 0.3) is 0 Å². The van der Waals surface area contributed by atoms with Gasteiger partial charge in [-0.1, -0.05) is 23.2 Å². The van der Waals surface area contributed by atoms with Crippen molar-refractivity contribution < 1.29 is 4.79 Å². The Balaban J connectivity index is 1.60. The van der Waals surface area contributed by atoms with Crippen molar-refractivity contribution in [2.45, 2.75) is 25.7 Å². The Morgan fingerprint density at radius 3 is 2.21 bits per heavy atom. The molecule has 1 amide bonds. The predicted octanol–water partition coefficient (Wildman–Crippen LogP) is 3.55. The van der Waals surface area contributed by atoms with Crippen LogP contribution in [-0.2, 0) is 0 Å². The van der Waals surface area contributed by atoms with Crippen LogP contribution in [0.3, 0.4) is 0 Å². The second-order valence-electron chi connectivity index (χ2n) is 5.55. The Morgan fingerprint density at radius 2 is 1.74 bits per heavy atom. The van der Waals surface area contributed by atoms with Crippen LogP contribution < -0.4 is 5.32 Å². The molecule has 0 bridgehead atoms. The van der Waals surface area contributed by atoms with E-state index in [1.807, 2.05) is 0 Å². The minimum Gasteiger partial charge on any atom is -0.352 e. The lowest BCUT2D eigenvalue weighted by Crippen LogP contribution is -2.31. The minimum absolute atomic E-state index is 0.113. The zero-order chi connectivity index (χ0) is 13.4. The Bertz CT molecular complexity index is 466. The maximum Gasteiger partial charge on any atom is 0.251 e. The van der Waals surface area contributed by atoms with E-state index in [1.165, 1.54) is 25.7 Å². The zero-order valence-electron chi connectivity index (χ0n) is 10.5. The molecule has 3 nitrogen and oxygen atoms in total. The molecule has 2 aliphatic rings. The molecule has 0 aliphatic heterocycles. The van der Waals surface area contributed by atoms with Gasteiger partial charge >= 0.3 is 0 Å². The topological polar surface area (TPSA) is 42.0 Å². The van der Waals surface area contributed by atoms with Crippen molar-refractivity contribution in [1.29, 1.82) is 0 Å². The van der Waals surface area contributed by atoms with Gasteiger partial charge in [0.05, 0.1) is 0 Å². The summed E-state index contributed by atoms with van der Waals surface area (Å²) in [5, 5.41) is 3.51. The molecule has 0 radical (unpaired) electrons. The molecular weight excluding hydrogens is 283 g/mol. The number of amides is 1. The first-order chi connectivity index (χ1) is 9.13. The number of nitrogens with one attached hydrogen (secondary N) is 1. The van der Waals surface area contributed by atoms with Gasteiger partial charge < -0.3 is 5.32 Å². The maximum atomic E-state index is 12.1. The van der Waals surface area contributed by atoms with Gasteiger partial charge in [-0.15, -0.1) is 0 Å². The van der Waals surface area contributed by atoms with Gasteiger partial charge in [-0.25, -0.2) is 4.98 Å². The highest BCUT2D eigenvalue weighted by atomic mass is 35.5. The Hall–Kier alpha value is -0.800. The summed E-state index contributed by atoms with van der Waals surface area (Å²) < 4.78 is 0. The van der Waals surface area contributed by atoms with E-state index >= 15 is 0 Å². The minimum atomic E-state index is -0.113. The van der Waals surface area contributed by atoms with Crippen molar-refractivity contribution in [3.05, 3.63) is 28.0 Å². The van der Waals surface area contributed by atoms with Crippen LogP contribution >= 0.6 is 23.2 Å². The van der Waals surface area contributed by atoms with E-state index in [2.05, 4.69) is 10.3 Å². The zero-order valence-corrected chi connectivity index (χ0v) is 12.0. The van der Waals surface area contributed by atoms with Crippen molar-refractivity contribution in [3.63, 3.8) is 0 Å². The highest BCUT2D eigenvalue weighted by molar-refractivity contribution is 6.33. The van der Waals surface area contributed by atoms with Gasteiger partial charge in [0.25, 0.3) is 5.91 Å². The molecule has 1 aromatic rings. The van der Waals surface area contributed by atoms with E-state index in [1.54, 1.807) is 12.1 Å². The molecule has 0 spiro atoms. The molecular formula is C14H16Cl2N2O. The highest BCUT2D eigenvalue weighted by Crippen LogP contribution is 2.48. The summed E-state index contributed by atoms with van der Waals surface area (Å²) in [5.74, 6) is 2.21. The molecule has 0 unspecified atom stereocenters. The summed E-state index contributed by atoms with van der Waals surface area (Å²) >= 11 is 11.6. The first-order valence-corrected chi connectivity index (χ1v) is 7.50. The van der Waals surface area contributed by atoms with Crippen molar-refractivity contribution in [1.82, 2.24) is 10.3 Å². The lowest BCUT2D eigenvalue weighted by molar-refractivity contribution is 0.0943. The molecule has 2 fully saturated rings. The molecule has 102 valence electrons. The number of nitrogens with zero attached hydrogens (tertiary/aromatic N) is 1. The standard InChI is InChI=1S/C14H16Cl2N2O/c15-12-5-10(6-13(16)18-12)14(19)17-7-11(8-1-2-8)9-3-4-9/h5-6,8-9,11H,1-4,7H2,(H,17,19). The molecule has 5 heteroatoms. The van der Waals surface area contributed by atoms with Gasteiger partial charge in [0.2, 0.25) is 0 Å². The average Bonchev–Trinajstić information content (AvgIpc) is 3.22. The number of aromatic nitrogens is 1. The van der Waals surface area contributed by atoms with E-state index in [4.69, 9.17) is 23.2 Å². The lowest BCUT2D eigenvalue weighted by atomic mass is 9.98. The van der Waals surface area contributed by atoms with Crippen molar-refractivity contribution in [2.75, 3.05) is 6.54 Å². The molecule has 0 atom stereocenters. The lowest BCUT2D eigenvalue weighted by Gasteiger charge is -2.16. The number of hydrogen-bond acceptors (Lipinski definition) is 2. The molecule has 0 saturated heterocycles. The quantitative estimate of drug-likeness (QED) is 0.845. The maximum absolute atomic E-state index is 12.1. The third-order valence-electron chi connectivity index (χ3n) is 3.98. The summed E-state index contributed by atoms with van der Waals surface area (Å²) in [4.78, 5) is 15.9. The van der Waals surface area contributed by atoms with Gasteiger partial charge in [0.1, 0.15) is 10.3 Å². The first kappa shape index (κ1) is 13.2. The fraction of sp³-hybridized carbons (Fsp3) is 0.571. The molecule has 19 heavy (non-hydrogen) atoms. The van der Waals surface area contributed by atoms with Crippen LogP contribution in [0.5, 0.6) is 0 Å². The molecule has 1 N–H and O–H groups in total. The van der Waals surface area contributed by atoms with Gasteiger partial charge in [0.15, 0.2) is 0 Å². The van der Waals surface area contributed by atoms with E-state index < -0.39 is 0 Å².